The van der Waals surface area contributed by atoms with Crippen LogP contribution in [-0.2, 0) is 24.1 Å². The lowest BCUT2D eigenvalue weighted by Gasteiger charge is -2.07. The van der Waals surface area contributed by atoms with Crippen LogP contribution in [0.4, 0.5) is 0 Å². The van der Waals surface area contributed by atoms with Gasteiger partial charge in [-0.15, -0.1) is 0 Å². The van der Waals surface area contributed by atoms with Gasteiger partial charge in [-0.05, 0) is 12.8 Å². The standard InChI is InChI=1S/C7H16O6S/c1-11-4-2-5-12-6-3-7-13-14(8,9)10/h2-7H2,1H3,(H,8,9,10)/p-1. The minimum atomic E-state index is -4.55. The molecule has 0 fully saturated rings. The first kappa shape index (κ1) is 13.8. The normalized spacial score (nSPS) is 11.9. The second kappa shape index (κ2) is 8.13. The molecule has 0 rings (SSSR count). The van der Waals surface area contributed by atoms with Gasteiger partial charge in [0.05, 0.1) is 6.61 Å². The summed E-state index contributed by atoms with van der Waals surface area (Å²) in [4.78, 5) is 0. The van der Waals surface area contributed by atoms with Crippen molar-refractivity contribution in [1.29, 1.82) is 0 Å². The Hall–Kier alpha value is -0.210. The molecule has 0 bridgehead atoms. The Bertz CT molecular complexity index is 212. The summed E-state index contributed by atoms with van der Waals surface area (Å²) in [6.45, 7) is 1.43. The Morgan fingerprint density at radius 2 is 1.64 bits per heavy atom. The van der Waals surface area contributed by atoms with Crippen LogP contribution in [0.3, 0.4) is 0 Å². The van der Waals surface area contributed by atoms with Crippen LogP contribution in [0.15, 0.2) is 0 Å². The van der Waals surface area contributed by atoms with Gasteiger partial charge in [0.25, 0.3) is 0 Å². The maximum absolute atomic E-state index is 9.97. The van der Waals surface area contributed by atoms with Gasteiger partial charge in [-0.2, -0.15) is 0 Å². The van der Waals surface area contributed by atoms with Crippen molar-refractivity contribution in [2.45, 2.75) is 12.8 Å². The zero-order valence-electron chi connectivity index (χ0n) is 8.10. The average Bonchev–Trinajstić information content (AvgIpc) is 2.08. The molecule has 0 radical (unpaired) electrons. The van der Waals surface area contributed by atoms with Gasteiger partial charge in [-0.25, -0.2) is 8.42 Å². The number of rotatable bonds is 9. The van der Waals surface area contributed by atoms with Crippen molar-refractivity contribution in [3.63, 3.8) is 0 Å². The molecule has 0 amide bonds. The third-order valence-electron chi connectivity index (χ3n) is 1.30. The molecule has 6 nitrogen and oxygen atoms in total. The number of ether oxygens (including phenoxy) is 2. The first-order valence-electron chi connectivity index (χ1n) is 4.23. The van der Waals surface area contributed by atoms with E-state index in [9.17, 15) is 13.0 Å². The Balaban J connectivity index is 3.07. The van der Waals surface area contributed by atoms with Gasteiger partial charge in [0, 0.05) is 26.9 Å². The lowest BCUT2D eigenvalue weighted by atomic mass is 10.4. The minimum Gasteiger partial charge on any atom is -0.726 e. The summed E-state index contributed by atoms with van der Waals surface area (Å²) >= 11 is 0. The van der Waals surface area contributed by atoms with Crippen LogP contribution in [-0.4, -0.2) is 46.5 Å². The molecule has 0 unspecified atom stereocenters. The Kier molecular flexibility index (Phi) is 8.01. The van der Waals surface area contributed by atoms with Crippen LogP contribution in [0.25, 0.3) is 0 Å². The molecule has 7 heteroatoms. The van der Waals surface area contributed by atoms with E-state index in [4.69, 9.17) is 9.47 Å². The predicted molar refractivity (Wildman–Crippen MR) is 47.6 cm³/mol. The topological polar surface area (TPSA) is 84.9 Å². The Labute approximate surface area is 84.1 Å². The fraction of sp³-hybridized carbons (Fsp3) is 1.00. The Morgan fingerprint density at radius 1 is 1.07 bits per heavy atom. The van der Waals surface area contributed by atoms with Crippen LogP contribution in [0.5, 0.6) is 0 Å². The van der Waals surface area contributed by atoms with Crippen molar-refractivity contribution in [3.05, 3.63) is 0 Å². The third kappa shape index (κ3) is 11.8. The smallest absolute Gasteiger partial charge is 0.217 e. The summed E-state index contributed by atoms with van der Waals surface area (Å²) in [7, 11) is -2.95. The molecular formula is C7H15O6S-. The van der Waals surface area contributed by atoms with E-state index in [1.54, 1.807) is 7.11 Å². The van der Waals surface area contributed by atoms with Crippen molar-refractivity contribution in [2.24, 2.45) is 0 Å². The average molecular weight is 227 g/mol. The van der Waals surface area contributed by atoms with Gasteiger partial charge < -0.3 is 14.0 Å². The molecule has 0 aliphatic carbocycles. The molecular weight excluding hydrogens is 212 g/mol. The monoisotopic (exact) mass is 227 g/mol. The van der Waals surface area contributed by atoms with Crippen LogP contribution in [0.2, 0.25) is 0 Å². The predicted octanol–water partition coefficient (Wildman–Crippen LogP) is -0.0936. The molecule has 86 valence electrons. The van der Waals surface area contributed by atoms with E-state index in [0.29, 0.717) is 26.2 Å². The summed E-state index contributed by atoms with van der Waals surface area (Å²) < 4.78 is 43.8. The summed E-state index contributed by atoms with van der Waals surface area (Å²) in [5.41, 5.74) is 0. The largest absolute Gasteiger partial charge is 0.726 e. The maximum Gasteiger partial charge on any atom is 0.217 e. The molecule has 0 aromatic carbocycles. The van der Waals surface area contributed by atoms with Gasteiger partial charge >= 0.3 is 0 Å². The first-order chi connectivity index (χ1) is 6.56. The number of methoxy groups -OCH3 is 1. The molecule has 0 heterocycles. The molecule has 0 saturated heterocycles. The Morgan fingerprint density at radius 3 is 2.14 bits per heavy atom. The van der Waals surface area contributed by atoms with Crippen LogP contribution in [0, 0.1) is 0 Å². The zero-order valence-corrected chi connectivity index (χ0v) is 8.92. The second-order valence-electron chi connectivity index (χ2n) is 2.54. The highest BCUT2D eigenvalue weighted by Gasteiger charge is 1.94. The maximum atomic E-state index is 9.97. The van der Waals surface area contributed by atoms with E-state index in [2.05, 4.69) is 4.18 Å². The van der Waals surface area contributed by atoms with E-state index in [-0.39, 0.29) is 6.61 Å². The van der Waals surface area contributed by atoms with E-state index in [1.807, 2.05) is 0 Å². The van der Waals surface area contributed by atoms with Gasteiger partial charge in [-0.1, -0.05) is 0 Å². The van der Waals surface area contributed by atoms with E-state index in [0.717, 1.165) is 6.42 Å². The number of hydrogen-bond donors (Lipinski definition) is 0. The molecule has 0 saturated carbocycles. The zero-order chi connectivity index (χ0) is 10.9. The van der Waals surface area contributed by atoms with Crippen molar-refractivity contribution >= 4 is 10.4 Å². The van der Waals surface area contributed by atoms with E-state index in [1.165, 1.54) is 0 Å². The van der Waals surface area contributed by atoms with Crippen LogP contribution in [0.1, 0.15) is 12.8 Å². The van der Waals surface area contributed by atoms with Gasteiger partial charge in [0.15, 0.2) is 0 Å². The van der Waals surface area contributed by atoms with E-state index >= 15 is 0 Å². The molecule has 0 aromatic rings. The second-order valence-corrected chi connectivity index (χ2v) is 3.59. The lowest BCUT2D eigenvalue weighted by molar-refractivity contribution is 0.0934. The molecule has 0 aromatic heterocycles. The fourth-order valence-electron chi connectivity index (χ4n) is 0.729. The SMILES string of the molecule is COCCCOCCCOS(=O)(=O)[O-]. The van der Waals surface area contributed by atoms with E-state index < -0.39 is 10.4 Å². The summed E-state index contributed by atoms with van der Waals surface area (Å²) in [6, 6.07) is 0. The fourth-order valence-corrected chi connectivity index (χ4v) is 1.05. The third-order valence-corrected chi connectivity index (χ3v) is 1.75. The van der Waals surface area contributed by atoms with Gasteiger partial charge in [-0.3, -0.25) is 4.18 Å². The van der Waals surface area contributed by atoms with Crippen LogP contribution >= 0.6 is 0 Å². The molecule has 0 aliphatic rings. The van der Waals surface area contributed by atoms with Gasteiger partial charge in [0.2, 0.25) is 10.4 Å². The van der Waals surface area contributed by atoms with Crippen molar-refractivity contribution in [2.75, 3.05) is 33.5 Å². The molecule has 14 heavy (non-hydrogen) atoms. The molecule has 0 aliphatic heterocycles. The molecule has 0 spiro atoms. The van der Waals surface area contributed by atoms with Crippen LogP contribution < -0.4 is 0 Å². The first-order valence-corrected chi connectivity index (χ1v) is 5.56. The number of hydrogen-bond acceptors (Lipinski definition) is 6. The highest BCUT2D eigenvalue weighted by atomic mass is 32.3. The lowest BCUT2D eigenvalue weighted by Crippen LogP contribution is -2.08. The molecule has 0 N–H and O–H groups in total. The van der Waals surface area contributed by atoms with Crippen molar-refractivity contribution < 1.29 is 26.6 Å². The summed E-state index contributed by atoms with van der Waals surface area (Å²) in [5, 5.41) is 0. The highest BCUT2D eigenvalue weighted by molar-refractivity contribution is 7.80. The molecule has 0 atom stereocenters. The highest BCUT2D eigenvalue weighted by Crippen LogP contribution is 1.91. The minimum absolute atomic E-state index is 0.129. The van der Waals surface area contributed by atoms with Crippen molar-refractivity contribution in [1.82, 2.24) is 0 Å². The van der Waals surface area contributed by atoms with Gasteiger partial charge in [0.1, 0.15) is 0 Å². The van der Waals surface area contributed by atoms with Crippen molar-refractivity contribution in [3.8, 4) is 0 Å². The summed E-state index contributed by atoms with van der Waals surface area (Å²) in [5.74, 6) is 0. The quantitative estimate of drug-likeness (QED) is 0.311. The summed E-state index contributed by atoms with van der Waals surface area (Å²) in [6.07, 6.45) is 1.17.